The third kappa shape index (κ3) is 3.68. The van der Waals surface area contributed by atoms with Crippen LogP contribution >= 0.6 is 0 Å². The van der Waals surface area contributed by atoms with Crippen molar-refractivity contribution in [1.29, 1.82) is 0 Å². The molecule has 0 spiro atoms. The molecule has 3 rings (SSSR count). The lowest BCUT2D eigenvalue weighted by molar-refractivity contribution is 0.262. The van der Waals surface area contributed by atoms with Crippen LogP contribution in [0, 0.1) is 0 Å². The van der Waals surface area contributed by atoms with Crippen LogP contribution in [0.5, 0.6) is 11.5 Å². The van der Waals surface area contributed by atoms with E-state index in [1.165, 1.54) is 0 Å². The van der Waals surface area contributed by atoms with Crippen LogP contribution in [0.15, 0.2) is 23.1 Å². The van der Waals surface area contributed by atoms with Crippen LogP contribution in [0.3, 0.4) is 0 Å². The van der Waals surface area contributed by atoms with Crippen LogP contribution in [0.1, 0.15) is 32.6 Å². The van der Waals surface area contributed by atoms with Crippen molar-refractivity contribution in [3.8, 4) is 11.5 Å². The molecule has 0 aromatic heterocycles. The molecule has 1 saturated heterocycles. The van der Waals surface area contributed by atoms with Gasteiger partial charge in [-0.15, -0.1) is 0 Å². The first-order chi connectivity index (χ1) is 11.6. The molecule has 1 fully saturated rings. The van der Waals surface area contributed by atoms with Crippen LogP contribution < -0.4 is 14.8 Å². The van der Waals surface area contributed by atoms with Crippen molar-refractivity contribution in [2.24, 2.45) is 0 Å². The number of hydrogen-bond acceptors (Lipinski definition) is 5. The minimum Gasteiger partial charge on any atom is -0.490 e. The summed E-state index contributed by atoms with van der Waals surface area (Å²) >= 11 is 0. The molecule has 134 valence electrons. The largest absolute Gasteiger partial charge is 0.490 e. The molecule has 0 bridgehead atoms. The van der Waals surface area contributed by atoms with Gasteiger partial charge in [0, 0.05) is 25.1 Å². The highest BCUT2D eigenvalue weighted by Crippen LogP contribution is 2.33. The predicted molar refractivity (Wildman–Crippen MR) is 92.1 cm³/mol. The highest BCUT2D eigenvalue weighted by Gasteiger charge is 2.32. The Labute approximate surface area is 144 Å². The minimum atomic E-state index is -3.54. The summed E-state index contributed by atoms with van der Waals surface area (Å²) < 4.78 is 39.3. The van der Waals surface area contributed by atoms with E-state index in [4.69, 9.17) is 9.47 Å². The van der Waals surface area contributed by atoms with Crippen molar-refractivity contribution in [2.75, 3.05) is 32.8 Å². The van der Waals surface area contributed by atoms with Gasteiger partial charge < -0.3 is 14.8 Å². The summed E-state index contributed by atoms with van der Waals surface area (Å²) in [5.74, 6) is 1.14. The van der Waals surface area contributed by atoms with Crippen LogP contribution in [0.2, 0.25) is 0 Å². The van der Waals surface area contributed by atoms with E-state index in [0.717, 1.165) is 38.8 Å². The standard InChI is InChI=1S/C17H26N2O4S/c1-2-10-19(14-6-8-18-9-7-14)24(20,21)15-4-5-16-17(13-15)23-12-3-11-22-16/h4-5,13-14,18H,2-3,6-12H2,1H3. The number of benzene rings is 1. The van der Waals surface area contributed by atoms with Crippen LogP contribution in [-0.2, 0) is 10.0 Å². The van der Waals surface area contributed by atoms with Crippen molar-refractivity contribution in [3.05, 3.63) is 18.2 Å². The molecule has 0 unspecified atom stereocenters. The molecule has 2 heterocycles. The zero-order valence-corrected chi connectivity index (χ0v) is 15.0. The van der Waals surface area contributed by atoms with E-state index >= 15 is 0 Å². The van der Waals surface area contributed by atoms with Gasteiger partial charge in [0.05, 0.1) is 18.1 Å². The summed E-state index contributed by atoms with van der Waals surface area (Å²) in [5.41, 5.74) is 0. The van der Waals surface area contributed by atoms with Gasteiger partial charge in [-0.25, -0.2) is 8.42 Å². The summed E-state index contributed by atoms with van der Waals surface area (Å²) in [5, 5.41) is 3.29. The van der Waals surface area contributed by atoms with Crippen LogP contribution in [0.4, 0.5) is 0 Å². The third-order valence-electron chi connectivity index (χ3n) is 4.49. The monoisotopic (exact) mass is 354 g/mol. The second-order valence-corrected chi connectivity index (χ2v) is 8.15. The normalized spacial score (nSPS) is 19.2. The van der Waals surface area contributed by atoms with Gasteiger partial charge in [0.15, 0.2) is 11.5 Å². The van der Waals surface area contributed by atoms with E-state index in [-0.39, 0.29) is 6.04 Å². The Morgan fingerprint density at radius 2 is 1.88 bits per heavy atom. The maximum absolute atomic E-state index is 13.2. The highest BCUT2D eigenvalue weighted by molar-refractivity contribution is 7.89. The van der Waals surface area contributed by atoms with Gasteiger partial charge in [-0.1, -0.05) is 6.92 Å². The zero-order chi connectivity index (χ0) is 17.0. The first-order valence-electron chi connectivity index (χ1n) is 8.75. The Hall–Kier alpha value is -1.31. The molecule has 24 heavy (non-hydrogen) atoms. The Kier molecular flexibility index (Phi) is 5.63. The number of fused-ring (bicyclic) bond motifs is 1. The first kappa shape index (κ1) is 17.5. The molecule has 0 aliphatic carbocycles. The number of nitrogens with zero attached hydrogens (tertiary/aromatic N) is 1. The average Bonchev–Trinajstić information content (AvgIpc) is 2.85. The molecular weight excluding hydrogens is 328 g/mol. The summed E-state index contributed by atoms with van der Waals surface area (Å²) in [6.07, 6.45) is 3.30. The predicted octanol–water partition coefficient (Wildman–Crippen LogP) is 2.00. The van der Waals surface area contributed by atoms with E-state index in [2.05, 4.69) is 5.32 Å². The second kappa shape index (κ2) is 7.72. The van der Waals surface area contributed by atoms with Crippen molar-refractivity contribution in [3.63, 3.8) is 0 Å². The molecule has 0 radical (unpaired) electrons. The number of nitrogens with one attached hydrogen (secondary N) is 1. The fourth-order valence-electron chi connectivity index (χ4n) is 3.25. The van der Waals surface area contributed by atoms with Gasteiger partial charge in [0.1, 0.15) is 0 Å². The van der Waals surface area contributed by atoms with E-state index < -0.39 is 10.0 Å². The van der Waals surface area contributed by atoms with Crippen molar-refractivity contribution < 1.29 is 17.9 Å². The summed E-state index contributed by atoms with van der Waals surface area (Å²) in [6.45, 7) is 5.42. The second-order valence-electron chi connectivity index (χ2n) is 6.26. The number of rotatable bonds is 5. The number of piperidine rings is 1. The molecular formula is C17H26N2O4S. The lowest BCUT2D eigenvalue weighted by Crippen LogP contribution is -2.46. The Bertz CT molecular complexity index is 657. The van der Waals surface area contributed by atoms with Gasteiger partial charge >= 0.3 is 0 Å². The SMILES string of the molecule is CCCN(C1CCNCC1)S(=O)(=O)c1ccc2c(c1)OCCCO2. The highest BCUT2D eigenvalue weighted by atomic mass is 32.2. The summed E-state index contributed by atoms with van der Waals surface area (Å²) in [7, 11) is -3.54. The molecule has 1 N–H and O–H groups in total. The van der Waals surface area contributed by atoms with Crippen molar-refractivity contribution >= 4 is 10.0 Å². The topological polar surface area (TPSA) is 67.9 Å². The minimum absolute atomic E-state index is 0.0622. The summed E-state index contributed by atoms with van der Waals surface area (Å²) in [6, 6.07) is 5.01. The lowest BCUT2D eigenvalue weighted by Gasteiger charge is -2.33. The van der Waals surface area contributed by atoms with Crippen molar-refractivity contribution in [1.82, 2.24) is 9.62 Å². The zero-order valence-electron chi connectivity index (χ0n) is 14.2. The molecule has 1 aromatic carbocycles. The van der Waals surface area contributed by atoms with E-state index in [1.54, 1.807) is 22.5 Å². The van der Waals surface area contributed by atoms with E-state index in [1.807, 2.05) is 6.92 Å². The third-order valence-corrected chi connectivity index (χ3v) is 6.43. The van der Waals surface area contributed by atoms with E-state index in [0.29, 0.717) is 36.2 Å². The smallest absolute Gasteiger partial charge is 0.243 e. The quantitative estimate of drug-likeness (QED) is 0.876. The molecule has 2 aliphatic heterocycles. The van der Waals surface area contributed by atoms with E-state index in [9.17, 15) is 8.42 Å². The van der Waals surface area contributed by atoms with Gasteiger partial charge in [0.2, 0.25) is 10.0 Å². The fourth-order valence-corrected chi connectivity index (χ4v) is 5.05. The molecule has 0 amide bonds. The Morgan fingerprint density at radius 3 is 2.58 bits per heavy atom. The van der Waals surface area contributed by atoms with Gasteiger partial charge in [-0.2, -0.15) is 4.31 Å². The maximum atomic E-state index is 13.2. The number of hydrogen-bond donors (Lipinski definition) is 1. The molecule has 2 aliphatic rings. The van der Waals surface area contributed by atoms with Gasteiger partial charge in [-0.3, -0.25) is 0 Å². The van der Waals surface area contributed by atoms with Crippen LogP contribution in [-0.4, -0.2) is 51.6 Å². The Balaban J connectivity index is 1.90. The number of sulfonamides is 1. The molecule has 7 heteroatoms. The summed E-state index contributed by atoms with van der Waals surface area (Å²) in [4.78, 5) is 0.290. The van der Waals surface area contributed by atoms with Gasteiger partial charge in [-0.05, 0) is 44.5 Å². The first-order valence-corrected chi connectivity index (χ1v) is 10.2. The molecule has 6 nitrogen and oxygen atoms in total. The Morgan fingerprint density at radius 1 is 1.17 bits per heavy atom. The van der Waals surface area contributed by atoms with Crippen LogP contribution in [0.25, 0.3) is 0 Å². The molecule has 0 saturated carbocycles. The average molecular weight is 354 g/mol. The maximum Gasteiger partial charge on any atom is 0.243 e. The number of ether oxygens (including phenoxy) is 2. The molecule has 1 aromatic rings. The van der Waals surface area contributed by atoms with Crippen molar-refractivity contribution in [2.45, 2.75) is 43.5 Å². The fraction of sp³-hybridized carbons (Fsp3) is 0.647. The van der Waals surface area contributed by atoms with Gasteiger partial charge in [0.25, 0.3) is 0 Å². The molecule has 0 atom stereocenters. The lowest BCUT2D eigenvalue weighted by atomic mass is 10.1.